The number of thiophene rings is 1. The summed E-state index contributed by atoms with van der Waals surface area (Å²) >= 11 is 1.54. The predicted octanol–water partition coefficient (Wildman–Crippen LogP) is 2.54. The van der Waals surface area contributed by atoms with Gasteiger partial charge in [-0.25, -0.2) is 23.8 Å². The Bertz CT molecular complexity index is 1330. The third-order valence-corrected chi connectivity index (χ3v) is 5.86. The summed E-state index contributed by atoms with van der Waals surface area (Å²) < 4.78 is 7.67. The lowest BCUT2D eigenvalue weighted by Crippen LogP contribution is -2.28. The minimum Gasteiger partial charge on any atom is -0.462 e. The van der Waals surface area contributed by atoms with E-state index in [4.69, 9.17) is 4.74 Å². The number of amides is 1. The van der Waals surface area contributed by atoms with Gasteiger partial charge in [-0.05, 0) is 50.6 Å². The third kappa shape index (κ3) is 3.45. The van der Waals surface area contributed by atoms with Crippen molar-refractivity contribution in [3.63, 3.8) is 0 Å². The highest BCUT2D eigenvalue weighted by atomic mass is 32.1. The lowest BCUT2D eigenvalue weighted by Gasteiger charge is -2.08. The van der Waals surface area contributed by atoms with E-state index in [0.29, 0.717) is 16.9 Å². The molecule has 1 amide bonds. The van der Waals surface area contributed by atoms with Crippen LogP contribution in [-0.2, 0) is 16.1 Å². The highest BCUT2D eigenvalue weighted by Gasteiger charge is 2.17. The second-order valence-corrected chi connectivity index (χ2v) is 7.88. The molecule has 0 aliphatic carbocycles. The van der Waals surface area contributed by atoms with E-state index >= 15 is 0 Å². The molecule has 10 heteroatoms. The lowest BCUT2D eigenvalue weighted by molar-refractivity contribution is -0.117. The molecule has 4 aromatic rings. The Balaban J connectivity index is 1.58. The Labute approximate surface area is 174 Å². The van der Waals surface area contributed by atoms with Crippen LogP contribution < -0.4 is 11.0 Å². The van der Waals surface area contributed by atoms with Crippen LogP contribution in [0.2, 0.25) is 0 Å². The van der Waals surface area contributed by atoms with Crippen molar-refractivity contribution in [3.05, 3.63) is 57.1 Å². The van der Waals surface area contributed by atoms with Crippen molar-refractivity contribution in [2.45, 2.75) is 27.3 Å². The van der Waals surface area contributed by atoms with Crippen molar-refractivity contribution in [1.82, 2.24) is 19.2 Å². The van der Waals surface area contributed by atoms with Crippen LogP contribution in [0, 0.1) is 13.8 Å². The molecule has 0 radical (unpaired) electrons. The molecule has 3 aromatic heterocycles. The van der Waals surface area contributed by atoms with Crippen molar-refractivity contribution in [2.75, 3.05) is 11.9 Å². The molecule has 9 nitrogen and oxygen atoms in total. The van der Waals surface area contributed by atoms with Gasteiger partial charge in [0.2, 0.25) is 5.91 Å². The van der Waals surface area contributed by atoms with Gasteiger partial charge >= 0.3 is 11.7 Å². The highest BCUT2D eigenvalue weighted by molar-refractivity contribution is 7.18. The summed E-state index contributed by atoms with van der Waals surface area (Å²) in [5.41, 5.74) is 1.87. The number of aryl methyl sites for hydroxylation is 2. The minimum absolute atomic E-state index is 0.227. The zero-order valence-electron chi connectivity index (χ0n) is 16.6. The van der Waals surface area contributed by atoms with Gasteiger partial charge in [0.05, 0.1) is 17.6 Å². The summed E-state index contributed by atoms with van der Waals surface area (Å²) in [4.78, 5) is 47.1. The Kier molecular flexibility index (Phi) is 5.08. The topological polar surface area (TPSA) is 108 Å². The molecule has 4 rings (SSSR count). The van der Waals surface area contributed by atoms with Crippen molar-refractivity contribution >= 4 is 44.8 Å². The zero-order chi connectivity index (χ0) is 21.4. The van der Waals surface area contributed by atoms with E-state index < -0.39 is 17.6 Å². The van der Waals surface area contributed by atoms with E-state index in [2.05, 4.69) is 15.3 Å². The summed E-state index contributed by atoms with van der Waals surface area (Å²) in [5, 5.41) is 3.54. The second kappa shape index (κ2) is 7.71. The minimum atomic E-state index is -0.527. The number of aromatic nitrogens is 4. The quantitative estimate of drug-likeness (QED) is 0.493. The van der Waals surface area contributed by atoms with Gasteiger partial charge in [-0.2, -0.15) is 4.98 Å². The van der Waals surface area contributed by atoms with E-state index in [9.17, 15) is 14.4 Å². The molecular weight excluding hydrogens is 406 g/mol. The summed E-state index contributed by atoms with van der Waals surface area (Å²) in [6, 6.07) is 6.33. The van der Waals surface area contributed by atoms with Gasteiger partial charge in [-0.3, -0.25) is 4.79 Å². The molecule has 3 heterocycles. The fourth-order valence-electron chi connectivity index (χ4n) is 3.15. The molecule has 0 fully saturated rings. The molecule has 0 unspecified atom stereocenters. The van der Waals surface area contributed by atoms with E-state index in [1.54, 1.807) is 42.5 Å². The number of rotatable bonds is 5. The first kappa shape index (κ1) is 19.8. The van der Waals surface area contributed by atoms with Gasteiger partial charge in [0.15, 0.2) is 5.65 Å². The predicted molar refractivity (Wildman–Crippen MR) is 113 cm³/mol. The smallest absolute Gasteiger partial charge is 0.365 e. The normalized spacial score (nSPS) is 11.2. The molecule has 0 spiro atoms. The van der Waals surface area contributed by atoms with Gasteiger partial charge in [0.25, 0.3) is 0 Å². The molecule has 0 aliphatic rings. The largest absolute Gasteiger partial charge is 0.462 e. The summed E-state index contributed by atoms with van der Waals surface area (Å²) in [5.74, 6) is -0.827. The number of hydrogen-bond donors (Lipinski definition) is 1. The first-order valence-electron chi connectivity index (χ1n) is 9.30. The first-order valence-corrected chi connectivity index (χ1v) is 10.1. The van der Waals surface area contributed by atoms with Gasteiger partial charge in [-0.1, -0.05) is 0 Å². The second-order valence-electron chi connectivity index (χ2n) is 6.67. The van der Waals surface area contributed by atoms with Crippen molar-refractivity contribution in [1.29, 1.82) is 0 Å². The molecule has 154 valence electrons. The van der Waals surface area contributed by atoms with Crippen LogP contribution in [0.1, 0.15) is 27.7 Å². The van der Waals surface area contributed by atoms with Crippen LogP contribution in [0.5, 0.6) is 0 Å². The molecular formula is C20H19N5O4S. The maximum Gasteiger partial charge on any atom is 0.365 e. The third-order valence-electron chi connectivity index (χ3n) is 4.75. The Hall–Kier alpha value is -3.53. The van der Waals surface area contributed by atoms with Crippen LogP contribution in [0.3, 0.4) is 0 Å². The van der Waals surface area contributed by atoms with E-state index in [0.717, 1.165) is 20.7 Å². The average molecular weight is 425 g/mol. The highest BCUT2D eigenvalue weighted by Crippen LogP contribution is 2.30. The molecule has 0 aliphatic heterocycles. The van der Waals surface area contributed by atoms with Crippen molar-refractivity contribution < 1.29 is 14.3 Å². The lowest BCUT2D eigenvalue weighted by atomic mass is 10.2. The van der Waals surface area contributed by atoms with Gasteiger partial charge in [0, 0.05) is 10.6 Å². The van der Waals surface area contributed by atoms with Crippen LogP contribution in [0.4, 0.5) is 5.69 Å². The van der Waals surface area contributed by atoms with Crippen LogP contribution in [0.25, 0.3) is 15.9 Å². The molecule has 0 bridgehead atoms. The van der Waals surface area contributed by atoms with E-state index in [-0.39, 0.29) is 13.2 Å². The van der Waals surface area contributed by atoms with Gasteiger partial charge < -0.3 is 10.1 Å². The fraction of sp³-hybridized carbons (Fsp3) is 0.250. The number of nitrogens with zero attached hydrogens (tertiary/aromatic N) is 4. The van der Waals surface area contributed by atoms with E-state index in [1.807, 2.05) is 13.8 Å². The maximum absolute atomic E-state index is 12.5. The molecule has 0 saturated carbocycles. The standard InChI is InChI=1S/C20H19N5O4S/c1-4-29-19(27)13-5-7-14(8-6-13)22-15(26)9-24-20(28)23-17-16-11(2)12(3)30-18(16)21-10-25(17)24/h5-8,10H,4,9H2,1-3H3,(H,22,26). The number of esters is 1. The average Bonchev–Trinajstić information content (AvgIpc) is 3.18. The summed E-state index contributed by atoms with van der Waals surface area (Å²) in [6.07, 6.45) is 1.50. The van der Waals surface area contributed by atoms with Crippen LogP contribution >= 0.6 is 11.3 Å². The number of hydrogen-bond acceptors (Lipinski definition) is 7. The zero-order valence-corrected chi connectivity index (χ0v) is 17.4. The molecule has 1 aromatic carbocycles. The number of anilines is 1. The Morgan fingerprint density at radius 1 is 1.20 bits per heavy atom. The number of fused-ring (bicyclic) bond motifs is 3. The van der Waals surface area contributed by atoms with Crippen molar-refractivity contribution in [2.24, 2.45) is 0 Å². The van der Waals surface area contributed by atoms with Crippen molar-refractivity contribution in [3.8, 4) is 0 Å². The first-order chi connectivity index (χ1) is 14.4. The number of carbonyl (C=O) groups is 2. The molecule has 30 heavy (non-hydrogen) atoms. The number of ether oxygens (including phenoxy) is 1. The maximum atomic E-state index is 12.5. The van der Waals surface area contributed by atoms with Gasteiger partial charge in [-0.15, -0.1) is 11.3 Å². The Morgan fingerprint density at radius 3 is 2.63 bits per heavy atom. The number of benzene rings is 1. The summed E-state index contributed by atoms with van der Waals surface area (Å²) in [7, 11) is 0. The molecule has 0 saturated heterocycles. The van der Waals surface area contributed by atoms with Crippen LogP contribution in [0.15, 0.2) is 35.4 Å². The molecule has 1 N–H and O–H groups in total. The monoisotopic (exact) mass is 425 g/mol. The number of carbonyl (C=O) groups excluding carboxylic acids is 2. The number of nitrogens with one attached hydrogen (secondary N) is 1. The van der Waals surface area contributed by atoms with Crippen LogP contribution in [-0.4, -0.2) is 37.6 Å². The fourth-order valence-corrected chi connectivity index (χ4v) is 4.14. The molecule has 0 atom stereocenters. The van der Waals surface area contributed by atoms with Gasteiger partial charge in [0.1, 0.15) is 17.7 Å². The SMILES string of the molecule is CCOC(=O)c1ccc(NC(=O)Cn2c(=O)nc3c4c(C)c(C)sc4ncn32)cc1. The van der Waals surface area contributed by atoms with E-state index in [1.165, 1.54) is 15.5 Å². The Morgan fingerprint density at radius 2 is 1.93 bits per heavy atom. The summed E-state index contributed by atoms with van der Waals surface area (Å²) in [6.45, 7) is 5.75.